The van der Waals surface area contributed by atoms with E-state index in [0.717, 1.165) is 25.9 Å². The molecule has 3 heteroatoms. The van der Waals surface area contributed by atoms with E-state index >= 15 is 0 Å². The summed E-state index contributed by atoms with van der Waals surface area (Å²) < 4.78 is 0. The standard InChI is InChI=1S/C10H19NOSi/c1-13(2,3)9-6-10(12)4-7-11-8-5-10/h11-12H,4-5,7-8H2,1-3H3. The average molecular weight is 197 g/mol. The van der Waals surface area contributed by atoms with Gasteiger partial charge in [0, 0.05) is 0 Å². The third-order valence-electron chi connectivity index (χ3n) is 2.10. The van der Waals surface area contributed by atoms with Crippen LogP contribution in [0.3, 0.4) is 0 Å². The fourth-order valence-electron chi connectivity index (χ4n) is 1.27. The lowest BCUT2D eigenvalue weighted by molar-refractivity contribution is 0.0680. The van der Waals surface area contributed by atoms with Crippen LogP contribution < -0.4 is 5.32 Å². The molecule has 0 aromatic rings. The Morgan fingerprint density at radius 2 is 1.77 bits per heavy atom. The lowest BCUT2D eigenvalue weighted by Crippen LogP contribution is -2.41. The molecule has 1 heterocycles. The minimum absolute atomic E-state index is 0.703. The second-order valence-corrected chi connectivity index (χ2v) is 9.53. The Morgan fingerprint density at radius 1 is 1.23 bits per heavy atom. The Bertz CT molecular complexity index is 228. The van der Waals surface area contributed by atoms with Crippen molar-refractivity contribution in [2.45, 2.75) is 38.1 Å². The summed E-state index contributed by atoms with van der Waals surface area (Å²) in [5.41, 5.74) is 2.54. The Hall–Kier alpha value is -0.303. The van der Waals surface area contributed by atoms with Crippen molar-refractivity contribution in [1.82, 2.24) is 5.32 Å². The van der Waals surface area contributed by atoms with Crippen LogP contribution in [-0.4, -0.2) is 31.9 Å². The predicted molar refractivity (Wildman–Crippen MR) is 58.2 cm³/mol. The molecule has 1 rings (SSSR count). The normalized spacial score (nSPS) is 21.8. The Morgan fingerprint density at radius 3 is 2.23 bits per heavy atom. The predicted octanol–water partition coefficient (Wildman–Crippen LogP) is 0.982. The van der Waals surface area contributed by atoms with Crippen molar-refractivity contribution >= 4 is 8.07 Å². The minimum atomic E-state index is -1.33. The fourth-order valence-corrected chi connectivity index (χ4v) is 1.88. The number of piperidine rings is 1. The first kappa shape index (κ1) is 10.8. The van der Waals surface area contributed by atoms with Crippen molar-refractivity contribution in [3.05, 3.63) is 0 Å². The lowest BCUT2D eigenvalue weighted by Gasteiger charge is -2.27. The van der Waals surface area contributed by atoms with Crippen LogP contribution in [-0.2, 0) is 0 Å². The second-order valence-electron chi connectivity index (χ2n) is 4.78. The molecule has 0 aliphatic carbocycles. The van der Waals surface area contributed by atoms with Gasteiger partial charge in [0.2, 0.25) is 0 Å². The molecule has 0 aromatic carbocycles. The van der Waals surface area contributed by atoms with Crippen LogP contribution in [0.4, 0.5) is 0 Å². The summed E-state index contributed by atoms with van der Waals surface area (Å²) >= 11 is 0. The van der Waals surface area contributed by atoms with E-state index in [0.29, 0.717) is 0 Å². The molecule has 1 aliphatic heterocycles. The van der Waals surface area contributed by atoms with Gasteiger partial charge in [-0.2, -0.15) is 0 Å². The largest absolute Gasteiger partial charge is 0.378 e. The maximum atomic E-state index is 10.0. The number of hydrogen-bond donors (Lipinski definition) is 2. The quantitative estimate of drug-likeness (QED) is 0.448. The molecule has 0 spiro atoms. The van der Waals surface area contributed by atoms with Crippen molar-refractivity contribution in [3.63, 3.8) is 0 Å². The third-order valence-corrected chi connectivity index (χ3v) is 2.98. The molecule has 1 aliphatic rings. The van der Waals surface area contributed by atoms with E-state index in [1.807, 2.05) is 0 Å². The molecule has 0 bridgehead atoms. The van der Waals surface area contributed by atoms with E-state index in [4.69, 9.17) is 0 Å². The Balaban J connectivity index is 2.63. The van der Waals surface area contributed by atoms with Crippen LogP contribution in [0.2, 0.25) is 19.6 Å². The molecule has 0 unspecified atom stereocenters. The van der Waals surface area contributed by atoms with Gasteiger partial charge in [0.05, 0.1) is 0 Å². The average Bonchev–Trinajstić information content (AvgIpc) is 2.02. The van der Waals surface area contributed by atoms with E-state index in [1.165, 1.54) is 0 Å². The zero-order valence-corrected chi connectivity index (χ0v) is 9.78. The summed E-state index contributed by atoms with van der Waals surface area (Å²) in [6.07, 6.45) is 1.54. The molecule has 0 aromatic heterocycles. The van der Waals surface area contributed by atoms with Crippen molar-refractivity contribution in [2.24, 2.45) is 0 Å². The first-order chi connectivity index (χ1) is 5.91. The highest BCUT2D eigenvalue weighted by Crippen LogP contribution is 2.16. The molecule has 2 nitrogen and oxygen atoms in total. The van der Waals surface area contributed by atoms with Gasteiger partial charge in [0.15, 0.2) is 0 Å². The van der Waals surface area contributed by atoms with E-state index in [9.17, 15) is 5.11 Å². The highest BCUT2D eigenvalue weighted by molar-refractivity contribution is 6.83. The second kappa shape index (κ2) is 3.83. The molecule has 0 atom stereocenters. The maximum Gasteiger partial charge on any atom is 0.129 e. The highest BCUT2D eigenvalue weighted by atomic mass is 28.3. The molecular formula is C10H19NOSi. The van der Waals surface area contributed by atoms with Crippen molar-refractivity contribution in [2.75, 3.05) is 13.1 Å². The topological polar surface area (TPSA) is 32.3 Å². The summed E-state index contributed by atoms with van der Waals surface area (Å²) in [4.78, 5) is 0. The van der Waals surface area contributed by atoms with Crippen LogP contribution in [0.1, 0.15) is 12.8 Å². The smallest absolute Gasteiger partial charge is 0.129 e. The van der Waals surface area contributed by atoms with E-state index in [1.54, 1.807) is 0 Å². The molecule has 13 heavy (non-hydrogen) atoms. The van der Waals surface area contributed by atoms with Gasteiger partial charge in [-0.3, -0.25) is 0 Å². The van der Waals surface area contributed by atoms with Gasteiger partial charge in [0.25, 0.3) is 0 Å². The van der Waals surface area contributed by atoms with Crippen LogP contribution in [0.25, 0.3) is 0 Å². The molecule has 0 amide bonds. The summed E-state index contributed by atoms with van der Waals surface area (Å²) in [5.74, 6) is 3.07. The maximum absolute atomic E-state index is 10.0. The Kier molecular flexibility index (Phi) is 3.17. The molecule has 0 saturated carbocycles. The van der Waals surface area contributed by atoms with Crippen molar-refractivity contribution < 1.29 is 5.11 Å². The fraction of sp³-hybridized carbons (Fsp3) is 0.800. The third kappa shape index (κ3) is 3.95. The van der Waals surface area contributed by atoms with Gasteiger partial charge >= 0.3 is 0 Å². The van der Waals surface area contributed by atoms with Gasteiger partial charge in [-0.15, -0.1) is 5.54 Å². The van der Waals surface area contributed by atoms with E-state index in [-0.39, 0.29) is 0 Å². The first-order valence-electron chi connectivity index (χ1n) is 4.89. The zero-order valence-electron chi connectivity index (χ0n) is 8.78. The minimum Gasteiger partial charge on any atom is -0.378 e. The molecule has 1 saturated heterocycles. The lowest BCUT2D eigenvalue weighted by atomic mass is 9.94. The monoisotopic (exact) mass is 197 g/mol. The molecule has 74 valence electrons. The van der Waals surface area contributed by atoms with E-state index < -0.39 is 13.7 Å². The van der Waals surface area contributed by atoms with E-state index in [2.05, 4.69) is 36.4 Å². The highest BCUT2D eigenvalue weighted by Gasteiger charge is 2.26. The summed E-state index contributed by atoms with van der Waals surface area (Å²) in [6.45, 7) is 8.37. The summed E-state index contributed by atoms with van der Waals surface area (Å²) in [7, 11) is -1.33. The number of aliphatic hydroxyl groups is 1. The van der Waals surface area contributed by atoms with Gasteiger partial charge in [-0.05, 0) is 25.9 Å². The van der Waals surface area contributed by atoms with Gasteiger partial charge in [-0.25, -0.2) is 0 Å². The molecule has 1 fully saturated rings. The van der Waals surface area contributed by atoms with Gasteiger partial charge in [-0.1, -0.05) is 25.6 Å². The van der Waals surface area contributed by atoms with Crippen LogP contribution in [0.5, 0.6) is 0 Å². The number of hydrogen-bond acceptors (Lipinski definition) is 2. The molecular weight excluding hydrogens is 178 g/mol. The first-order valence-corrected chi connectivity index (χ1v) is 8.39. The van der Waals surface area contributed by atoms with Crippen LogP contribution >= 0.6 is 0 Å². The van der Waals surface area contributed by atoms with Gasteiger partial charge in [0.1, 0.15) is 13.7 Å². The van der Waals surface area contributed by atoms with Crippen molar-refractivity contribution in [1.29, 1.82) is 0 Å². The van der Waals surface area contributed by atoms with Crippen molar-refractivity contribution in [3.8, 4) is 11.5 Å². The van der Waals surface area contributed by atoms with Gasteiger partial charge < -0.3 is 10.4 Å². The van der Waals surface area contributed by atoms with Crippen LogP contribution in [0, 0.1) is 11.5 Å². The number of rotatable bonds is 0. The molecule has 2 N–H and O–H groups in total. The zero-order chi connectivity index (χ0) is 9.95. The van der Waals surface area contributed by atoms with Crippen LogP contribution in [0.15, 0.2) is 0 Å². The molecule has 0 radical (unpaired) electrons. The summed E-state index contributed by atoms with van der Waals surface area (Å²) in [6, 6.07) is 0. The SMILES string of the molecule is C[Si](C)(C)C#CC1(O)CCNCC1. The summed E-state index contributed by atoms with van der Waals surface area (Å²) in [5, 5.41) is 13.3. The number of nitrogens with one attached hydrogen (secondary N) is 1. The Labute approximate surface area is 81.7 Å².